The molecule has 1 saturated heterocycles. The van der Waals surface area contributed by atoms with Gasteiger partial charge in [0.25, 0.3) is 17.7 Å². The summed E-state index contributed by atoms with van der Waals surface area (Å²) in [6.45, 7) is -0.729. The van der Waals surface area contributed by atoms with Crippen LogP contribution in [0.1, 0.15) is 36.4 Å². The SMILES string of the molecule is O=C1[C@H]2N=NN(CC(=O)N3N=C4/C(=C/c5ccc(F)cc5)CCC[C@@H]4[C@@H]3c3ccc(F)cc3)[C@H]2C(=O)N1c1c(F)c(F)c(F)c(F)c1F. The van der Waals surface area contributed by atoms with Crippen molar-refractivity contribution in [2.24, 2.45) is 21.4 Å². The van der Waals surface area contributed by atoms with Gasteiger partial charge < -0.3 is 0 Å². The van der Waals surface area contributed by atoms with Gasteiger partial charge in [0.2, 0.25) is 5.82 Å². The highest BCUT2D eigenvalue weighted by Crippen LogP contribution is 2.45. The molecule has 0 aromatic heterocycles. The van der Waals surface area contributed by atoms with E-state index in [0.717, 1.165) is 15.6 Å². The Kier molecular flexibility index (Phi) is 7.59. The van der Waals surface area contributed by atoms with Crippen LogP contribution in [0.25, 0.3) is 6.08 Å². The molecule has 3 heterocycles. The van der Waals surface area contributed by atoms with Crippen molar-refractivity contribution in [3.05, 3.63) is 106 Å². The van der Waals surface area contributed by atoms with E-state index in [-0.39, 0.29) is 10.8 Å². The number of fused-ring (bicyclic) bond motifs is 2. The first-order chi connectivity index (χ1) is 23.0. The predicted octanol–water partition coefficient (Wildman–Crippen LogP) is 5.78. The number of hydrazone groups is 1. The third kappa shape index (κ3) is 4.93. The lowest BCUT2D eigenvalue weighted by atomic mass is 9.77. The molecule has 3 amide bonds. The normalized spacial score (nSPS) is 24.1. The molecule has 4 aliphatic rings. The molecule has 1 aliphatic carbocycles. The van der Waals surface area contributed by atoms with Gasteiger partial charge >= 0.3 is 0 Å². The number of benzene rings is 3. The summed E-state index contributed by atoms with van der Waals surface area (Å²) in [5.74, 6) is -16.8. The minimum Gasteiger partial charge on any atom is -0.271 e. The fraction of sp³-hybridized carbons (Fsp3) is 0.250. The molecule has 3 aliphatic heterocycles. The van der Waals surface area contributed by atoms with Crippen LogP contribution in [0.5, 0.6) is 0 Å². The number of hydrogen-bond acceptors (Lipinski definition) is 7. The Morgan fingerprint density at radius 3 is 2.04 bits per heavy atom. The highest BCUT2D eigenvalue weighted by Gasteiger charge is 2.57. The van der Waals surface area contributed by atoms with Gasteiger partial charge in [-0.05, 0) is 66.3 Å². The smallest absolute Gasteiger partial charge is 0.264 e. The molecule has 1 saturated carbocycles. The lowest BCUT2D eigenvalue weighted by molar-refractivity contribution is -0.136. The Morgan fingerprint density at radius 1 is 0.792 bits per heavy atom. The summed E-state index contributed by atoms with van der Waals surface area (Å²) in [5.41, 5.74) is 0.838. The number of amides is 3. The van der Waals surface area contributed by atoms with Crippen LogP contribution in [0.3, 0.4) is 0 Å². The average Bonchev–Trinajstić information content (AvgIpc) is 3.74. The Labute approximate surface area is 266 Å². The molecule has 246 valence electrons. The summed E-state index contributed by atoms with van der Waals surface area (Å²) < 4.78 is 98.1. The van der Waals surface area contributed by atoms with E-state index in [1.807, 2.05) is 6.08 Å². The van der Waals surface area contributed by atoms with E-state index >= 15 is 0 Å². The number of rotatable bonds is 5. The van der Waals surface area contributed by atoms with Crippen LogP contribution in [0, 0.1) is 46.6 Å². The zero-order valence-corrected chi connectivity index (χ0v) is 24.4. The van der Waals surface area contributed by atoms with E-state index in [2.05, 4.69) is 15.4 Å². The first kappa shape index (κ1) is 31.2. The van der Waals surface area contributed by atoms with Crippen molar-refractivity contribution in [3.8, 4) is 0 Å². The molecule has 4 atom stereocenters. The van der Waals surface area contributed by atoms with Gasteiger partial charge in [-0.15, -0.1) is 0 Å². The number of anilines is 1. The third-order valence-corrected chi connectivity index (χ3v) is 8.74. The number of hydrogen-bond donors (Lipinski definition) is 0. The van der Waals surface area contributed by atoms with Gasteiger partial charge in [-0.2, -0.15) is 10.2 Å². The summed E-state index contributed by atoms with van der Waals surface area (Å²) in [6, 6.07) is 7.06. The molecule has 2 fully saturated rings. The Balaban J connectivity index is 1.20. The first-order valence-electron chi connectivity index (χ1n) is 14.7. The predicted molar refractivity (Wildman–Crippen MR) is 153 cm³/mol. The molecule has 3 aromatic rings. The topological polar surface area (TPSA) is 98.0 Å². The summed E-state index contributed by atoms with van der Waals surface area (Å²) in [4.78, 5) is 40.1. The van der Waals surface area contributed by atoms with Crippen molar-refractivity contribution in [2.45, 2.75) is 37.4 Å². The van der Waals surface area contributed by atoms with E-state index in [9.17, 15) is 45.1 Å². The number of nitrogens with zero attached hydrogens (tertiary/aromatic N) is 6. The molecule has 48 heavy (non-hydrogen) atoms. The van der Waals surface area contributed by atoms with Crippen LogP contribution in [0.2, 0.25) is 0 Å². The van der Waals surface area contributed by atoms with Gasteiger partial charge in [-0.1, -0.05) is 29.5 Å². The summed E-state index contributed by atoms with van der Waals surface area (Å²) in [7, 11) is 0. The summed E-state index contributed by atoms with van der Waals surface area (Å²) >= 11 is 0. The van der Waals surface area contributed by atoms with Crippen molar-refractivity contribution in [3.63, 3.8) is 0 Å². The quantitative estimate of drug-likeness (QED) is 0.149. The van der Waals surface area contributed by atoms with Crippen LogP contribution in [-0.2, 0) is 14.4 Å². The zero-order chi connectivity index (χ0) is 34.0. The van der Waals surface area contributed by atoms with Gasteiger partial charge in [0.05, 0.1) is 11.8 Å². The average molecular weight is 671 g/mol. The largest absolute Gasteiger partial charge is 0.271 e. The van der Waals surface area contributed by atoms with Crippen LogP contribution in [-0.4, -0.2) is 52.1 Å². The maximum absolute atomic E-state index is 14.6. The number of imide groups is 1. The molecule has 0 spiro atoms. The second kappa shape index (κ2) is 11.7. The third-order valence-electron chi connectivity index (χ3n) is 8.74. The molecule has 0 radical (unpaired) electrons. The van der Waals surface area contributed by atoms with E-state index in [0.29, 0.717) is 36.1 Å². The highest BCUT2D eigenvalue weighted by atomic mass is 19.2. The second-order valence-electron chi connectivity index (χ2n) is 11.6. The lowest BCUT2D eigenvalue weighted by Gasteiger charge is -2.30. The van der Waals surface area contributed by atoms with Crippen molar-refractivity contribution in [1.29, 1.82) is 0 Å². The van der Waals surface area contributed by atoms with E-state index in [1.165, 1.54) is 36.4 Å². The standard InChI is InChI=1S/C32H21F7N6O3/c33-17-8-4-14(5-9-17)12-16-2-1-3-19-26(16)41-45(28(19)15-6-10-18(34)11-7-15)20(46)13-43-30-27(40-42-43)31(47)44(32(30)48)29-24(38)22(36)21(35)23(37)25(29)39/h4-12,19,27-28,30H,1-3,13H2/b16-12+/t19-,27-,28-,30+/m0/s1. The van der Waals surface area contributed by atoms with E-state index in [4.69, 9.17) is 0 Å². The Bertz CT molecular complexity index is 1940. The van der Waals surface area contributed by atoms with Crippen LogP contribution in [0.15, 0.2) is 69.5 Å². The molecular formula is C32H21F7N6O3. The molecule has 0 unspecified atom stereocenters. The zero-order valence-electron chi connectivity index (χ0n) is 24.4. The number of halogens is 7. The van der Waals surface area contributed by atoms with Crippen molar-refractivity contribution in [1.82, 2.24) is 10.0 Å². The Hall–Kier alpha value is -5.41. The van der Waals surface area contributed by atoms with Crippen LogP contribution < -0.4 is 4.90 Å². The van der Waals surface area contributed by atoms with Crippen LogP contribution in [0.4, 0.5) is 36.4 Å². The Morgan fingerprint density at radius 2 is 1.40 bits per heavy atom. The minimum absolute atomic E-state index is 0.181. The monoisotopic (exact) mass is 670 g/mol. The molecule has 7 rings (SSSR count). The van der Waals surface area contributed by atoms with Crippen molar-refractivity contribution in [2.75, 3.05) is 11.4 Å². The van der Waals surface area contributed by atoms with Gasteiger partial charge in [0, 0.05) is 5.92 Å². The number of carbonyl (C=O) groups excluding carboxylic acids is 3. The summed E-state index contributed by atoms with van der Waals surface area (Å²) in [6.07, 6.45) is 3.74. The lowest BCUT2D eigenvalue weighted by Crippen LogP contribution is -2.45. The van der Waals surface area contributed by atoms with E-state index in [1.54, 1.807) is 12.1 Å². The second-order valence-corrected chi connectivity index (χ2v) is 11.6. The number of allylic oxidation sites excluding steroid dienone is 1. The minimum atomic E-state index is -2.47. The first-order valence-corrected chi connectivity index (χ1v) is 14.7. The van der Waals surface area contributed by atoms with Gasteiger partial charge in [-0.25, -0.2) is 40.6 Å². The molecular weight excluding hydrogens is 649 g/mol. The molecule has 3 aromatic carbocycles. The maximum atomic E-state index is 14.6. The van der Waals surface area contributed by atoms with Crippen molar-refractivity contribution >= 4 is 35.2 Å². The van der Waals surface area contributed by atoms with Gasteiger partial charge in [0.1, 0.15) is 23.9 Å². The highest BCUT2D eigenvalue weighted by molar-refractivity contribution is 6.25. The fourth-order valence-corrected chi connectivity index (χ4v) is 6.54. The van der Waals surface area contributed by atoms with Gasteiger partial charge in [0.15, 0.2) is 35.4 Å². The van der Waals surface area contributed by atoms with E-state index < -0.39 is 88.8 Å². The maximum Gasteiger partial charge on any atom is 0.264 e. The van der Waals surface area contributed by atoms with Crippen LogP contribution >= 0.6 is 0 Å². The fourth-order valence-electron chi connectivity index (χ4n) is 6.54. The van der Waals surface area contributed by atoms with Gasteiger partial charge in [-0.3, -0.25) is 19.4 Å². The number of carbonyl (C=O) groups is 3. The molecule has 16 heteroatoms. The van der Waals surface area contributed by atoms with Crippen molar-refractivity contribution < 1.29 is 45.1 Å². The molecule has 0 bridgehead atoms. The molecule has 9 nitrogen and oxygen atoms in total. The summed E-state index contributed by atoms with van der Waals surface area (Å²) in [5, 5.41) is 14.0. The molecule has 0 N–H and O–H groups in total.